The number of aliphatic carboxylic acids is 1. The van der Waals surface area contributed by atoms with E-state index in [2.05, 4.69) is 4.72 Å². The van der Waals surface area contributed by atoms with Gasteiger partial charge in [0.25, 0.3) is 0 Å². The van der Waals surface area contributed by atoms with E-state index in [9.17, 15) is 13.2 Å². The lowest BCUT2D eigenvalue weighted by molar-refractivity contribution is -0.138. The number of rotatable bonds is 6. The number of hydrogen-bond acceptors (Lipinski definition) is 4. The Morgan fingerprint density at radius 1 is 1.45 bits per heavy atom. The first-order valence-electron chi connectivity index (χ1n) is 5.67. The van der Waals surface area contributed by atoms with Crippen molar-refractivity contribution in [1.29, 1.82) is 0 Å². The molecule has 0 aliphatic heterocycles. The van der Waals surface area contributed by atoms with Gasteiger partial charge < -0.3 is 9.84 Å². The lowest BCUT2D eigenvalue weighted by Crippen LogP contribution is -2.44. The van der Waals surface area contributed by atoms with Crippen LogP contribution < -0.4 is 9.46 Å². The molecule has 2 N–H and O–H groups in total. The minimum atomic E-state index is -3.86. The highest BCUT2D eigenvalue weighted by atomic mass is 35.5. The third kappa shape index (κ3) is 4.36. The van der Waals surface area contributed by atoms with Crippen LogP contribution in [0.3, 0.4) is 0 Å². The van der Waals surface area contributed by atoms with E-state index in [1.807, 2.05) is 0 Å². The molecule has 0 amide bonds. The van der Waals surface area contributed by atoms with Crippen LogP contribution in [0.1, 0.15) is 20.3 Å². The minimum absolute atomic E-state index is 0.0539. The molecule has 0 heterocycles. The van der Waals surface area contributed by atoms with Gasteiger partial charge in [-0.3, -0.25) is 4.79 Å². The van der Waals surface area contributed by atoms with Gasteiger partial charge in [-0.25, -0.2) is 13.1 Å². The van der Waals surface area contributed by atoms with Crippen molar-refractivity contribution in [2.24, 2.45) is 0 Å². The van der Waals surface area contributed by atoms with Crippen LogP contribution in [-0.2, 0) is 14.8 Å². The molecule has 0 unspecified atom stereocenters. The quantitative estimate of drug-likeness (QED) is 0.834. The molecule has 0 saturated heterocycles. The summed E-state index contributed by atoms with van der Waals surface area (Å²) in [5, 5.41) is 8.92. The average molecular weight is 322 g/mol. The van der Waals surface area contributed by atoms with Crippen LogP contribution in [0, 0.1) is 0 Å². The highest BCUT2D eigenvalue weighted by molar-refractivity contribution is 7.89. The van der Waals surface area contributed by atoms with Crippen molar-refractivity contribution < 1.29 is 23.1 Å². The molecular formula is C12H16ClNO5S. The number of hydrogen-bond donors (Lipinski definition) is 2. The molecule has 1 rings (SSSR count). The molecule has 0 spiro atoms. The average Bonchev–Trinajstić information content (AvgIpc) is 2.25. The van der Waals surface area contributed by atoms with Gasteiger partial charge in [-0.2, -0.15) is 0 Å². The van der Waals surface area contributed by atoms with E-state index in [0.29, 0.717) is 5.75 Å². The van der Waals surface area contributed by atoms with E-state index in [1.54, 1.807) is 0 Å². The number of methoxy groups -OCH3 is 1. The first kappa shape index (κ1) is 16.7. The largest absolute Gasteiger partial charge is 0.495 e. The van der Waals surface area contributed by atoms with Gasteiger partial charge >= 0.3 is 5.97 Å². The lowest BCUT2D eigenvalue weighted by atomic mass is 10.0. The number of ether oxygens (including phenoxy) is 1. The van der Waals surface area contributed by atoms with Crippen LogP contribution in [0.2, 0.25) is 5.02 Å². The highest BCUT2D eigenvalue weighted by Crippen LogP contribution is 2.27. The topological polar surface area (TPSA) is 92.7 Å². The van der Waals surface area contributed by atoms with Crippen molar-refractivity contribution in [3.63, 3.8) is 0 Å². The van der Waals surface area contributed by atoms with Crippen molar-refractivity contribution in [1.82, 2.24) is 4.72 Å². The van der Waals surface area contributed by atoms with Crippen molar-refractivity contribution in [3.05, 3.63) is 23.2 Å². The molecule has 0 radical (unpaired) electrons. The number of carbonyl (C=O) groups is 1. The molecule has 1 aromatic carbocycles. The number of halogens is 1. The normalized spacial score (nSPS) is 12.2. The Balaban J connectivity index is 3.05. The molecule has 0 fully saturated rings. The summed E-state index contributed by atoms with van der Waals surface area (Å²) in [6, 6.07) is 4.02. The van der Waals surface area contributed by atoms with Gasteiger partial charge in [0.05, 0.1) is 23.4 Å². The number of benzene rings is 1. The summed E-state index contributed by atoms with van der Waals surface area (Å²) in [7, 11) is -2.44. The van der Waals surface area contributed by atoms with E-state index in [4.69, 9.17) is 21.4 Å². The summed E-state index contributed by atoms with van der Waals surface area (Å²) in [5.74, 6) is -0.735. The molecule has 0 aromatic heterocycles. The van der Waals surface area contributed by atoms with E-state index in [0.717, 1.165) is 0 Å². The van der Waals surface area contributed by atoms with Gasteiger partial charge in [0, 0.05) is 5.54 Å². The first-order chi connectivity index (χ1) is 9.07. The summed E-state index contributed by atoms with van der Waals surface area (Å²) in [6.07, 6.45) is -0.337. The predicted molar refractivity (Wildman–Crippen MR) is 74.7 cm³/mol. The van der Waals surface area contributed by atoms with Crippen LogP contribution >= 0.6 is 11.6 Å². The number of nitrogens with one attached hydrogen (secondary N) is 1. The zero-order chi connectivity index (χ0) is 15.6. The van der Waals surface area contributed by atoms with Crippen LogP contribution in [-0.4, -0.2) is 32.1 Å². The summed E-state index contributed by atoms with van der Waals surface area (Å²) >= 11 is 5.88. The highest BCUT2D eigenvalue weighted by Gasteiger charge is 2.28. The predicted octanol–water partition coefficient (Wildman–Crippen LogP) is 1.88. The third-order valence-electron chi connectivity index (χ3n) is 2.44. The fourth-order valence-corrected chi connectivity index (χ4v) is 3.41. The Labute approximate surface area is 122 Å². The standard InChI is InChI=1S/C12H16ClNO5S/c1-12(2,7-11(15)16)14-20(17,18)8-4-5-10(19-3)9(13)6-8/h4-6,14H,7H2,1-3H3,(H,15,16). The molecule has 0 saturated carbocycles. The molecule has 0 bridgehead atoms. The maximum absolute atomic E-state index is 12.2. The van der Waals surface area contributed by atoms with Crippen molar-refractivity contribution in [2.45, 2.75) is 30.7 Å². The summed E-state index contributed by atoms with van der Waals surface area (Å²) in [5.41, 5.74) is -1.11. The second-order valence-corrected chi connectivity index (χ2v) is 6.95. The molecule has 112 valence electrons. The van der Waals surface area contributed by atoms with Crippen LogP contribution in [0.4, 0.5) is 0 Å². The van der Waals surface area contributed by atoms with Gasteiger partial charge in [0.2, 0.25) is 10.0 Å². The Morgan fingerprint density at radius 2 is 2.05 bits per heavy atom. The Morgan fingerprint density at radius 3 is 2.50 bits per heavy atom. The number of carboxylic acid groups (broad SMARTS) is 1. The molecule has 0 aliphatic carbocycles. The van der Waals surface area contributed by atoms with Crippen molar-refractivity contribution in [2.75, 3.05) is 7.11 Å². The zero-order valence-corrected chi connectivity index (χ0v) is 12.9. The third-order valence-corrected chi connectivity index (χ3v) is 4.43. The van der Waals surface area contributed by atoms with Gasteiger partial charge in [0.15, 0.2) is 0 Å². The molecule has 0 aliphatic rings. The lowest BCUT2D eigenvalue weighted by Gasteiger charge is -2.24. The van der Waals surface area contributed by atoms with Crippen molar-refractivity contribution in [3.8, 4) is 5.75 Å². The summed E-state index contributed by atoms with van der Waals surface area (Å²) in [6.45, 7) is 2.98. The second-order valence-electron chi connectivity index (χ2n) is 4.86. The van der Waals surface area contributed by atoms with E-state index < -0.39 is 21.5 Å². The Bertz CT molecular complexity index is 612. The Kier molecular flexibility index (Phi) is 5.01. The first-order valence-corrected chi connectivity index (χ1v) is 7.53. The number of sulfonamides is 1. The maximum atomic E-state index is 12.2. The van der Waals surface area contributed by atoms with Gasteiger partial charge in [-0.1, -0.05) is 11.6 Å². The summed E-state index contributed by atoms with van der Waals surface area (Å²) < 4.78 is 31.6. The van der Waals surface area contributed by atoms with E-state index in [1.165, 1.54) is 39.2 Å². The van der Waals surface area contributed by atoms with Crippen LogP contribution in [0.25, 0.3) is 0 Å². The van der Waals surface area contributed by atoms with Crippen LogP contribution in [0.15, 0.2) is 23.1 Å². The SMILES string of the molecule is COc1ccc(S(=O)(=O)NC(C)(C)CC(=O)O)cc1Cl. The second kappa shape index (κ2) is 5.99. The maximum Gasteiger partial charge on any atom is 0.305 e. The van der Waals surface area contributed by atoms with E-state index in [-0.39, 0.29) is 16.3 Å². The summed E-state index contributed by atoms with van der Waals surface area (Å²) in [4.78, 5) is 10.6. The number of carboxylic acids is 1. The molecule has 1 aromatic rings. The van der Waals surface area contributed by atoms with Crippen LogP contribution in [0.5, 0.6) is 5.75 Å². The molecule has 8 heteroatoms. The van der Waals surface area contributed by atoms with Gasteiger partial charge in [0.1, 0.15) is 5.75 Å². The monoisotopic (exact) mass is 321 g/mol. The smallest absolute Gasteiger partial charge is 0.305 e. The minimum Gasteiger partial charge on any atom is -0.495 e. The fourth-order valence-electron chi connectivity index (χ4n) is 1.65. The van der Waals surface area contributed by atoms with Gasteiger partial charge in [-0.05, 0) is 32.0 Å². The molecule has 20 heavy (non-hydrogen) atoms. The van der Waals surface area contributed by atoms with Crippen molar-refractivity contribution >= 4 is 27.6 Å². The molecular weight excluding hydrogens is 306 g/mol. The molecule has 6 nitrogen and oxygen atoms in total. The van der Waals surface area contributed by atoms with E-state index >= 15 is 0 Å². The zero-order valence-electron chi connectivity index (χ0n) is 11.3. The molecule has 0 atom stereocenters. The Hall–Kier alpha value is -1.31. The van der Waals surface area contributed by atoms with Gasteiger partial charge in [-0.15, -0.1) is 0 Å². The fraction of sp³-hybridized carbons (Fsp3) is 0.417.